The zero-order chi connectivity index (χ0) is 23.1. The van der Waals surface area contributed by atoms with Gasteiger partial charge in [-0.25, -0.2) is 0 Å². The van der Waals surface area contributed by atoms with Crippen LogP contribution in [-0.4, -0.2) is 26.4 Å². The summed E-state index contributed by atoms with van der Waals surface area (Å²) in [6, 6.07) is 12.3. The van der Waals surface area contributed by atoms with E-state index in [1.165, 1.54) is 11.8 Å². The Bertz CT molecular complexity index is 1090. The van der Waals surface area contributed by atoms with E-state index in [0.29, 0.717) is 44.9 Å². The lowest BCUT2D eigenvalue weighted by molar-refractivity contribution is -0.118. The number of hydrogen-bond donors (Lipinski definition) is 1. The number of amides is 1. The third kappa shape index (κ3) is 6.65. The molecule has 0 aliphatic carbocycles. The number of allylic oxidation sites excluding steroid dienone is 1. The summed E-state index contributed by atoms with van der Waals surface area (Å²) < 4.78 is 7.82. The van der Waals surface area contributed by atoms with Crippen molar-refractivity contribution >= 4 is 52.5 Å². The molecule has 0 aliphatic heterocycles. The van der Waals surface area contributed by atoms with E-state index in [2.05, 4.69) is 22.1 Å². The monoisotopic (exact) mass is 510 g/mol. The van der Waals surface area contributed by atoms with Gasteiger partial charge >= 0.3 is 0 Å². The summed E-state index contributed by atoms with van der Waals surface area (Å²) in [4.78, 5) is 12.3. The Morgan fingerprint density at radius 3 is 2.62 bits per heavy atom. The molecule has 32 heavy (non-hydrogen) atoms. The van der Waals surface area contributed by atoms with Crippen LogP contribution < -0.4 is 10.1 Å². The summed E-state index contributed by atoms with van der Waals surface area (Å²) in [5, 5.41) is 13.6. The molecule has 0 fully saturated rings. The lowest BCUT2D eigenvalue weighted by Crippen LogP contribution is -2.24. The highest BCUT2D eigenvalue weighted by Gasteiger charge is 2.20. The van der Waals surface area contributed by atoms with Gasteiger partial charge in [0.05, 0.1) is 10.8 Å². The summed E-state index contributed by atoms with van der Waals surface area (Å²) in [6.45, 7) is 6.53. The van der Waals surface area contributed by atoms with E-state index in [-0.39, 0.29) is 11.7 Å². The molecule has 1 N–H and O–H groups in total. The SMILES string of the molecule is C=CCn1c(SCC(=O)NCc2ccc(Cl)cc2)nnc1C(C)Oc1cc(Cl)ccc1Cl. The van der Waals surface area contributed by atoms with Crippen molar-refractivity contribution in [3.63, 3.8) is 0 Å². The van der Waals surface area contributed by atoms with Crippen LogP contribution in [0.1, 0.15) is 24.4 Å². The molecule has 1 heterocycles. The largest absolute Gasteiger partial charge is 0.481 e. The smallest absolute Gasteiger partial charge is 0.230 e. The van der Waals surface area contributed by atoms with Crippen molar-refractivity contribution in [2.24, 2.45) is 0 Å². The average Bonchev–Trinajstić information content (AvgIpc) is 3.17. The van der Waals surface area contributed by atoms with E-state index in [1.54, 1.807) is 36.4 Å². The number of carbonyl (C=O) groups excluding carboxylic acids is 1. The highest BCUT2D eigenvalue weighted by Crippen LogP contribution is 2.32. The average molecular weight is 512 g/mol. The van der Waals surface area contributed by atoms with Crippen LogP contribution >= 0.6 is 46.6 Å². The predicted molar refractivity (Wildman–Crippen MR) is 130 cm³/mol. The molecule has 3 rings (SSSR count). The van der Waals surface area contributed by atoms with Crippen LogP contribution in [0.5, 0.6) is 5.75 Å². The standard InChI is InChI=1S/C22H21Cl3N4O2S/c1-3-10-29-21(14(2)31-19-11-17(24)8-9-18(19)25)27-28-22(29)32-13-20(30)26-12-15-4-6-16(23)7-5-15/h3-9,11,14H,1,10,12-13H2,2H3,(H,26,30). The maximum Gasteiger partial charge on any atom is 0.230 e. The van der Waals surface area contributed by atoms with Crippen molar-refractivity contribution in [3.05, 3.63) is 81.6 Å². The number of benzene rings is 2. The molecular weight excluding hydrogens is 491 g/mol. The van der Waals surface area contributed by atoms with Crippen molar-refractivity contribution < 1.29 is 9.53 Å². The van der Waals surface area contributed by atoms with Crippen LogP contribution in [-0.2, 0) is 17.9 Å². The molecule has 6 nitrogen and oxygen atoms in total. The number of thioether (sulfide) groups is 1. The minimum absolute atomic E-state index is 0.116. The van der Waals surface area contributed by atoms with Gasteiger partial charge < -0.3 is 10.1 Å². The normalized spacial score (nSPS) is 11.8. The number of hydrogen-bond acceptors (Lipinski definition) is 5. The van der Waals surface area contributed by atoms with Gasteiger partial charge in [-0.2, -0.15) is 0 Å². The Morgan fingerprint density at radius 2 is 1.91 bits per heavy atom. The third-order valence-electron chi connectivity index (χ3n) is 4.35. The lowest BCUT2D eigenvalue weighted by Gasteiger charge is -2.16. The first-order chi connectivity index (χ1) is 15.4. The molecule has 0 bridgehead atoms. The van der Waals surface area contributed by atoms with E-state index < -0.39 is 6.10 Å². The molecule has 10 heteroatoms. The van der Waals surface area contributed by atoms with Gasteiger partial charge in [-0.05, 0) is 36.8 Å². The molecule has 0 radical (unpaired) electrons. The maximum absolute atomic E-state index is 12.3. The minimum Gasteiger partial charge on any atom is -0.481 e. The predicted octanol–water partition coefficient (Wildman–Crippen LogP) is 5.97. The summed E-state index contributed by atoms with van der Waals surface area (Å²) in [5.74, 6) is 1.12. The van der Waals surface area contributed by atoms with Crippen LogP contribution in [0, 0.1) is 0 Å². The summed E-state index contributed by atoms with van der Waals surface area (Å²) in [7, 11) is 0. The van der Waals surface area contributed by atoms with Crippen LogP contribution in [0.4, 0.5) is 0 Å². The van der Waals surface area contributed by atoms with Crippen molar-refractivity contribution in [2.75, 3.05) is 5.75 Å². The Morgan fingerprint density at radius 1 is 1.19 bits per heavy atom. The first kappa shape index (κ1) is 24.5. The molecule has 2 aromatic carbocycles. The van der Waals surface area contributed by atoms with E-state index >= 15 is 0 Å². The summed E-state index contributed by atoms with van der Waals surface area (Å²) in [5.41, 5.74) is 0.968. The fraction of sp³-hybridized carbons (Fsp3) is 0.227. The molecule has 1 unspecified atom stereocenters. The summed E-state index contributed by atoms with van der Waals surface area (Å²) >= 11 is 19.4. The van der Waals surface area contributed by atoms with Gasteiger partial charge in [-0.1, -0.05) is 64.8 Å². The van der Waals surface area contributed by atoms with Crippen LogP contribution in [0.15, 0.2) is 60.3 Å². The van der Waals surface area contributed by atoms with Gasteiger partial charge in [0.25, 0.3) is 0 Å². The number of carbonyl (C=O) groups is 1. The van der Waals surface area contributed by atoms with Gasteiger partial charge in [-0.3, -0.25) is 9.36 Å². The molecular formula is C22H21Cl3N4O2S. The van der Waals surface area contributed by atoms with Gasteiger partial charge in [0, 0.05) is 29.2 Å². The van der Waals surface area contributed by atoms with E-state index in [0.717, 1.165) is 5.56 Å². The molecule has 0 aliphatic rings. The number of nitrogens with zero attached hydrogens (tertiary/aromatic N) is 3. The number of ether oxygens (including phenoxy) is 1. The Labute approximate surface area is 205 Å². The zero-order valence-corrected chi connectivity index (χ0v) is 20.3. The zero-order valence-electron chi connectivity index (χ0n) is 17.2. The van der Waals surface area contributed by atoms with Crippen molar-refractivity contribution in [3.8, 4) is 5.75 Å². The number of halogens is 3. The van der Waals surface area contributed by atoms with Gasteiger partial charge in [-0.15, -0.1) is 16.8 Å². The fourth-order valence-electron chi connectivity index (χ4n) is 2.80. The van der Waals surface area contributed by atoms with Crippen LogP contribution in [0.3, 0.4) is 0 Å². The fourth-order valence-corrected chi connectivity index (χ4v) is 4.04. The Hall–Kier alpha value is -2.19. The number of rotatable bonds is 10. The molecule has 3 aromatic rings. The number of nitrogens with one attached hydrogen (secondary N) is 1. The Kier molecular flexibility index (Phi) is 8.87. The first-order valence-electron chi connectivity index (χ1n) is 9.67. The lowest BCUT2D eigenvalue weighted by atomic mass is 10.2. The van der Waals surface area contributed by atoms with Gasteiger partial charge in [0.1, 0.15) is 5.75 Å². The molecule has 0 saturated heterocycles. The van der Waals surface area contributed by atoms with Crippen molar-refractivity contribution in [2.45, 2.75) is 31.3 Å². The maximum atomic E-state index is 12.3. The van der Waals surface area contributed by atoms with Gasteiger partial charge in [0.15, 0.2) is 17.1 Å². The molecule has 1 amide bonds. The second kappa shape index (κ2) is 11.6. The van der Waals surface area contributed by atoms with E-state index in [1.807, 2.05) is 23.6 Å². The quantitative estimate of drug-likeness (QED) is 0.268. The second-order valence-corrected chi connectivity index (χ2v) is 8.99. The van der Waals surface area contributed by atoms with Crippen LogP contribution in [0.2, 0.25) is 15.1 Å². The minimum atomic E-state index is -0.452. The van der Waals surface area contributed by atoms with Crippen molar-refractivity contribution in [1.29, 1.82) is 0 Å². The van der Waals surface area contributed by atoms with E-state index in [4.69, 9.17) is 39.5 Å². The van der Waals surface area contributed by atoms with Gasteiger partial charge in [0.2, 0.25) is 5.91 Å². The molecule has 0 saturated carbocycles. The van der Waals surface area contributed by atoms with E-state index in [9.17, 15) is 4.79 Å². The number of aromatic nitrogens is 3. The summed E-state index contributed by atoms with van der Waals surface area (Å²) in [6.07, 6.45) is 1.28. The molecule has 1 aromatic heterocycles. The highest BCUT2D eigenvalue weighted by molar-refractivity contribution is 7.99. The topological polar surface area (TPSA) is 69.0 Å². The Balaban J connectivity index is 1.63. The second-order valence-electron chi connectivity index (χ2n) is 6.77. The van der Waals surface area contributed by atoms with Crippen molar-refractivity contribution in [1.82, 2.24) is 20.1 Å². The molecule has 168 valence electrons. The molecule has 0 spiro atoms. The van der Waals surface area contributed by atoms with Crippen LogP contribution in [0.25, 0.3) is 0 Å². The third-order valence-corrected chi connectivity index (χ3v) is 6.12. The highest BCUT2D eigenvalue weighted by atomic mass is 35.5. The first-order valence-corrected chi connectivity index (χ1v) is 11.8. The molecule has 1 atom stereocenters.